The first kappa shape index (κ1) is 24.8. The zero-order valence-corrected chi connectivity index (χ0v) is 20.4. The van der Waals surface area contributed by atoms with Crippen LogP contribution in [0.4, 0.5) is 11.5 Å². The first-order valence-corrected chi connectivity index (χ1v) is 11.4. The second kappa shape index (κ2) is 10.5. The van der Waals surface area contributed by atoms with Crippen LogP contribution in [0.2, 0.25) is 0 Å². The Morgan fingerprint density at radius 2 is 1.69 bits per heavy atom. The summed E-state index contributed by atoms with van der Waals surface area (Å²) in [7, 11) is 2.88. The third kappa shape index (κ3) is 5.48. The van der Waals surface area contributed by atoms with Gasteiger partial charge in [0, 0.05) is 29.7 Å². The Bertz CT molecular complexity index is 1270. The molecule has 4 rings (SSSR count). The van der Waals surface area contributed by atoms with Crippen LogP contribution in [0.5, 0.6) is 11.5 Å². The van der Waals surface area contributed by atoms with Crippen molar-refractivity contribution < 1.29 is 33.1 Å². The van der Waals surface area contributed by atoms with Gasteiger partial charge in [-0.25, -0.2) is 4.79 Å². The summed E-state index contributed by atoms with van der Waals surface area (Å²) in [6, 6.07) is 13.0. The molecule has 2 N–H and O–H groups in total. The number of ether oxygens (including phenoxy) is 3. The van der Waals surface area contributed by atoms with E-state index in [4.69, 9.17) is 18.7 Å². The van der Waals surface area contributed by atoms with E-state index in [-0.39, 0.29) is 40.6 Å². The molecule has 0 aliphatic heterocycles. The van der Waals surface area contributed by atoms with E-state index in [2.05, 4.69) is 15.8 Å². The number of hydrogen-bond donors (Lipinski definition) is 2. The lowest BCUT2D eigenvalue weighted by Gasteiger charge is -2.19. The fraction of sp³-hybridized carbons (Fsp3) is 0.308. The van der Waals surface area contributed by atoms with E-state index in [0.29, 0.717) is 17.1 Å². The van der Waals surface area contributed by atoms with Crippen molar-refractivity contribution in [3.63, 3.8) is 0 Å². The number of aryl methyl sites for hydroxylation is 1. The molecule has 10 heteroatoms. The Morgan fingerprint density at radius 3 is 2.28 bits per heavy atom. The van der Waals surface area contributed by atoms with Crippen LogP contribution >= 0.6 is 0 Å². The van der Waals surface area contributed by atoms with E-state index >= 15 is 0 Å². The smallest absolute Gasteiger partial charge is 0.341 e. The van der Waals surface area contributed by atoms with Crippen LogP contribution in [-0.2, 0) is 14.3 Å². The molecule has 10 nitrogen and oxygen atoms in total. The van der Waals surface area contributed by atoms with Crippen LogP contribution in [-0.4, -0.2) is 37.2 Å². The molecule has 2 aromatic carbocycles. The largest absolute Gasteiger partial charge is 0.493 e. The van der Waals surface area contributed by atoms with Gasteiger partial charge in [0.1, 0.15) is 5.76 Å². The highest BCUT2D eigenvalue weighted by Gasteiger charge is 2.39. The SMILES string of the molecule is COc1cc(NC(=O)C2CC2C)c(C(=O)OC(C(=O)Nc2cc(C)on2)c2ccccc2)cc1OC. The van der Waals surface area contributed by atoms with Gasteiger partial charge in [0.2, 0.25) is 12.0 Å². The maximum Gasteiger partial charge on any atom is 0.341 e. The first-order valence-electron chi connectivity index (χ1n) is 11.4. The number of amides is 2. The highest BCUT2D eigenvalue weighted by molar-refractivity contribution is 6.04. The van der Waals surface area contributed by atoms with Gasteiger partial charge < -0.3 is 29.4 Å². The third-order valence-corrected chi connectivity index (χ3v) is 5.89. The van der Waals surface area contributed by atoms with Crippen LogP contribution in [0.15, 0.2) is 53.1 Å². The van der Waals surface area contributed by atoms with Gasteiger partial charge in [-0.05, 0) is 19.3 Å². The molecule has 188 valence electrons. The molecular weight excluding hydrogens is 466 g/mol. The molecule has 3 aromatic rings. The summed E-state index contributed by atoms with van der Waals surface area (Å²) in [4.78, 5) is 39.2. The van der Waals surface area contributed by atoms with Gasteiger partial charge in [0.05, 0.1) is 25.5 Å². The predicted molar refractivity (Wildman–Crippen MR) is 130 cm³/mol. The average Bonchev–Trinajstić information content (AvgIpc) is 3.48. The number of anilines is 2. The van der Waals surface area contributed by atoms with Gasteiger partial charge in [-0.2, -0.15) is 0 Å². The summed E-state index contributed by atoms with van der Waals surface area (Å²) < 4.78 is 21.4. The summed E-state index contributed by atoms with van der Waals surface area (Å²) in [5.41, 5.74) is 0.655. The minimum Gasteiger partial charge on any atom is -0.493 e. The molecular formula is C26H27N3O7. The van der Waals surface area contributed by atoms with E-state index < -0.39 is 18.0 Å². The highest BCUT2D eigenvalue weighted by Crippen LogP contribution is 2.40. The quantitative estimate of drug-likeness (QED) is 0.426. The molecule has 36 heavy (non-hydrogen) atoms. The van der Waals surface area contributed by atoms with Gasteiger partial charge in [-0.3, -0.25) is 9.59 Å². The molecule has 0 saturated heterocycles. The zero-order chi connectivity index (χ0) is 25.8. The Balaban J connectivity index is 1.65. The number of aromatic nitrogens is 1. The van der Waals surface area contributed by atoms with Gasteiger partial charge in [0.25, 0.3) is 5.91 Å². The molecule has 1 aliphatic rings. The normalized spacial score (nSPS) is 17.0. The van der Waals surface area contributed by atoms with Crippen LogP contribution in [0.1, 0.15) is 41.1 Å². The Hall–Kier alpha value is -4.34. The molecule has 1 heterocycles. The second-order valence-electron chi connectivity index (χ2n) is 8.57. The van der Waals surface area contributed by atoms with Crippen LogP contribution < -0.4 is 20.1 Å². The monoisotopic (exact) mass is 493 g/mol. The number of benzene rings is 2. The Morgan fingerprint density at radius 1 is 1.03 bits per heavy atom. The highest BCUT2D eigenvalue weighted by atomic mass is 16.5. The third-order valence-electron chi connectivity index (χ3n) is 5.89. The summed E-state index contributed by atoms with van der Waals surface area (Å²) in [5, 5.41) is 9.16. The number of esters is 1. The predicted octanol–water partition coefficient (Wildman–Crippen LogP) is 4.13. The summed E-state index contributed by atoms with van der Waals surface area (Å²) in [5.74, 6) is -0.240. The number of methoxy groups -OCH3 is 2. The van der Waals surface area contributed by atoms with E-state index in [1.807, 2.05) is 6.92 Å². The van der Waals surface area contributed by atoms with Crippen LogP contribution in [0.25, 0.3) is 0 Å². The Kier molecular flexibility index (Phi) is 7.23. The number of hydrogen-bond acceptors (Lipinski definition) is 8. The number of carbonyl (C=O) groups is 3. The van der Waals surface area contributed by atoms with Gasteiger partial charge >= 0.3 is 5.97 Å². The van der Waals surface area contributed by atoms with E-state index in [9.17, 15) is 14.4 Å². The topological polar surface area (TPSA) is 129 Å². The van der Waals surface area contributed by atoms with Gasteiger partial charge in [0.15, 0.2) is 17.3 Å². The number of carbonyl (C=O) groups excluding carboxylic acids is 3. The standard InChI is InChI=1S/C26H27N3O7/c1-14-10-17(14)24(30)27-19-13-21(34-4)20(33-3)12-18(19)26(32)35-23(16-8-6-5-7-9-16)25(31)28-22-11-15(2)36-29-22/h5-9,11-14,17,23H,10H2,1-4H3,(H,27,30)(H,28,29,31). The minimum atomic E-state index is -1.31. The molecule has 2 amide bonds. The number of rotatable bonds is 9. The lowest BCUT2D eigenvalue weighted by atomic mass is 10.1. The molecule has 0 radical (unpaired) electrons. The zero-order valence-electron chi connectivity index (χ0n) is 20.4. The maximum atomic E-state index is 13.4. The second-order valence-corrected chi connectivity index (χ2v) is 8.57. The maximum absolute atomic E-state index is 13.4. The molecule has 1 saturated carbocycles. The summed E-state index contributed by atoms with van der Waals surface area (Å²) in [6.45, 7) is 3.67. The molecule has 1 fully saturated rings. The van der Waals surface area contributed by atoms with Crippen LogP contribution in [0.3, 0.4) is 0 Å². The van der Waals surface area contributed by atoms with Crippen molar-refractivity contribution in [1.29, 1.82) is 0 Å². The van der Waals surface area contributed by atoms with E-state index in [1.165, 1.54) is 26.4 Å². The molecule has 0 bridgehead atoms. The van der Waals surface area contributed by atoms with Crippen molar-refractivity contribution in [2.75, 3.05) is 24.9 Å². The first-order chi connectivity index (χ1) is 17.3. The average molecular weight is 494 g/mol. The van der Waals surface area contributed by atoms with Crippen molar-refractivity contribution in [2.45, 2.75) is 26.4 Å². The van der Waals surface area contributed by atoms with Crippen molar-refractivity contribution in [1.82, 2.24) is 5.16 Å². The minimum absolute atomic E-state index is 0.0142. The molecule has 1 aromatic heterocycles. The van der Waals surface area contributed by atoms with Gasteiger partial charge in [-0.15, -0.1) is 0 Å². The number of nitrogens with zero attached hydrogens (tertiary/aromatic N) is 1. The summed E-state index contributed by atoms with van der Waals surface area (Å²) >= 11 is 0. The Labute approximate surface area is 207 Å². The van der Waals surface area contributed by atoms with E-state index in [1.54, 1.807) is 43.3 Å². The lowest BCUT2D eigenvalue weighted by molar-refractivity contribution is -0.125. The van der Waals surface area contributed by atoms with Crippen molar-refractivity contribution in [3.8, 4) is 11.5 Å². The van der Waals surface area contributed by atoms with E-state index in [0.717, 1.165) is 6.42 Å². The molecule has 1 aliphatic carbocycles. The van der Waals surface area contributed by atoms with Gasteiger partial charge in [-0.1, -0.05) is 42.4 Å². The van der Waals surface area contributed by atoms with Crippen molar-refractivity contribution in [2.24, 2.45) is 11.8 Å². The lowest BCUT2D eigenvalue weighted by Crippen LogP contribution is -2.26. The number of nitrogens with one attached hydrogen (secondary N) is 2. The summed E-state index contributed by atoms with van der Waals surface area (Å²) in [6.07, 6.45) is -0.535. The fourth-order valence-electron chi connectivity index (χ4n) is 3.75. The molecule has 3 atom stereocenters. The molecule has 0 spiro atoms. The van der Waals surface area contributed by atoms with Crippen molar-refractivity contribution >= 4 is 29.3 Å². The molecule has 3 unspecified atom stereocenters. The van der Waals surface area contributed by atoms with Crippen molar-refractivity contribution in [3.05, 3.63) is 65.4 Å². The van der Waals surface area contributed by atoms with Crippen LogP contribution in [0, 0.1) is 18.8 Å². The fourth-order valence-corrected chi connectivity index (χ4v) is 3.75.